The van der Waals surface area contributed by atoms with E-state index in [4.69, 9.17) is 11.6 Å². The molecule has 1 aliphatic heterocycles. The van der Waals surface area contributed by atoms with Gasteiger partial charge in [-0.2, -0.15) is 0 Å². The Morgan fingerprint density at radius 2 is 1.87 bits per heavy atom. The fourth-order valence-electron chi connectivity index (χ4n) is 3.96. The van der Waals surface area contributed by atoms with Gasteiger partial charge in [0.15, 0.2) is 9.84 Å². The van der Waals surface area contributed by atoms with E-state index in [1.165, 1.54) is 37.8 Å². The van der Waals surface area contributed by atoms with Gasteiger partial charge in [0.05, 0.1) is 9.92 Å². The van der Waals surface area contributed by atoms with E-state index in [1.807, 2.05) is 4.90 Å². The zero-order valence-electron chi connectivity index (χ0n) is 13.3. The first-order chi connectivity index (χ1) is 10.9. The Hall–Kier alpha value is -1.07. The van der Waals surface area contributed by atoms with Crippen LogP contribution in [0.4, 0.5) is 0 Å². The second kappa shape index (κ2) is 6.44. The molecule has 1 saturated carbocycles. The fraction of sp³-hybridized carbons (Fsp3) is 0.588. The van der Waals surface area contributed by atoms with Gasteiger partial charge in [-0.25, -0.2) is 8.42 Å². The Labute approximate surface area is 142 Å². The number of fused-ring (bicyclic) bond motifs is 1. The minimum Gasteiger partial charge on any atom is -0.335 e. The van der Waals surface area contributed by atoms with Crippen molar-refractivity contribution in [2.45, 2.75) is 49.5 Å². The van der Waals surface area contributed by atoms with Crippen molar-refractivity contribution in [1.82, 2.24) is 4.90 Å². The Morgan fingerprint density at radius 1 is 1.17 bits per heavy atom. The van der Waals surface area contributed by atoms with Crippen molar-refractivity contribution in [1.29, 1.82) is 0 Å². The molecule has 1 heterocycles. The van der Waals surface area contributed by atoms with Crippen molar-refractivity contribution in [2.24, 2.45) is 5.92 Å². The molecule has 2 atom stereocenters. The number of benzene rings is 1. The minimum atomic E-state index is -3.45. The van der Waals surface area contributed by atoms with E-state index in [0.717, 1.165) is 25.6 Å². The van der Waals surface area contributed by atoms with Crippen molar-refractivity contribution in [3.05, 3.63) is 28.8 Å². The highest BCUT2D eigenvalue weighted by atomic mass is 35.5. The lowest BCUT2D eigenvalue weighted by Crippen LogP contribution is -2.49. The molecule has 3 rings (SSSR count). The van der Waals surface area contributed by atoms with E-state index >= 15 is 0 Å². The normalized spacial score (nSPS) is 25.0. The van der Waals surface area contributed by atoms with Crippen molar-refractivity contribution in [2.75, 3.05) is 12.8 Å². The first kappa shape index (κ1) is 16.8. The van der Waals surface area contributed by atoms with E-state index in [0.29, 0.717) is 17.5 Å². The summed E-state index contributed by atoms with van der Waals surface area (Å²) in [4.78, 5) is 14.9. The molecule has 126 valence electrons. The highest BCUT2D eigenvalue weighted by Crippen LogP contribution is 2.36. The number of sulfone groups is 1. The maximum Gasteiger partial charge on any atom is 0.254 e. The molecular formula is C17H22ClNO3S. The first-order valence-corrected chi connectivity index (χ1v) is 10.5. The second-order valence-corrected chi connectivity index (χ2v) is 9.06. The number of piperidine rings is 1. The molecule has 2 fully saturated rings. The maximum atomic E-state index is 12.9. The molecule has 6 heteroatoms. The average molecular weight is 356 g/mol. The number of halogens is 1. The van der Waals surface area contributed by atoms with E-state index in [2.05, 4.69) is 0 Å². The molecular weight excluding hydrogens is 334 g/mol. The van der Waals surface area contributed by atoms with Crippen molar-refractivity contribution >= 4 is 27.3 Å². The number of nitrogens with zero attached hydrogens (tertiary/aromatic N) is 1. The lowest BCUT2D eigenvalue weighted by molar-refractivity contribution is 0.0390. The summed E-state index contributed by atoms with van der Waals surface area (Å²) in [6.07, 6.45) is 8.01. The molecule has 0 bridgehead atoms. The maximum absolute atomic E-state index is 12.9. The third-order valence-corrected chi connectivity index (χ3v) is 6.66. The standard InChI is InChI=1S/C17H22ClNO3S/c1-23(21,22)16-11-13(8-9-14(16)18)17(20)19-10-4-6-12-5-2-3-7-15(12)19/h8-9,11-12,15H,2-7,10H2,1H3. The summed E-state index contributed by atoms with van der Waals surface area (Å²) >= 11 is 5.98. The molecule has 23 heavy (non-hydrogen) atoms. The van der Waals surface area contributed by atoms with Crippen LogP contribution in [0.5, 0.6) is 0 Å². The van der Waals surface area contributed by atoms with Gasteiger partial charge in [0.1, 0.15) is 0 Å². The van der Waals surface area contributed by atoms with Gasteiger partial charge >= 0.3 is 0 Å². The molecule has 1 aromatic rings. The summed E-state index contributed by atoms with van der Waals surface area (Å²) in [5.74, 6) is 0.534. The highest BCUT2D eigenvalue weighted by molar-refractivity contribution is 7.90. The predicted molar refractivity (Wildman–Crippen MR) is 90.6 cm³/mol. The summed E-state index contributed by atoms with van der Waals surface area (Å²) in [6.45, 7) is 0.761. The smallest absolute Gasteiger partial charge is 0.254 e. The molecule has 1 aromatic carbocycles. The molecule has 2 unspecified atom stereocenters. The molecule has 0 aromatic heterocycles. The molecule has 0 spiro atoms. The summed E-state index contributed by atoms with van der Waals surface area (Å²) in [5.41, 5.74) is 0.418. The second-order valence-electron chi connectivity index (χ2n) is 6.67. The van der Waals surface area contributed by atoms with Crippen LogP contribution in [0, 0.1) is 5.92 Å². The largest absolute Gasteiger partial charge is 0.335 e. The van der Waals surface area contributed by atoms with Crippen LogP contribution in [-0.2, 0) is 9.84 Å². The minimum absolute atomic E-state index is 0.0298. The number of likely N-dealkylation sites (tertiary alicyclic amines) is 1. The molecule has 4 nitrogen and oxygen atoms in total. The van der Waals surface area contributed by atoms with Crippen molar-refractivity contribution < 1.29 is 13.2 Å². The van der Waals surface area contributed by atoms with Crippen LogP contribution in [-0.4, -0.2) is 38.1 Å². The molecule has 1 aliphatic carbocycles. The quantitative estimate of drug-likeness (QED) is 0.815. The molecule has 2 aliphatic rings. The Morgan fingerprint density at radius 3 is 2.61 bits per heavy atom. The Kier molecular flexibility index (Phi) is 4.70. The highest BCUT2D eigenvalue weighted by Gasteiger charge is 2.36. The van der Waals surface area contributed by atoms with Crippen LogP contribution in [0.3, 0.4) is 0 Å². The van der Waals surface area contributed by atoms with Gasteiger partial charge in [0.2, 0.25) is 0 Å². The van der Waals surface area contributed by atoms with Crippen LogP contribution in [0.1, 0.15) is 48.9 Å². The van der Waals surface area contributed by atoms with Gasteiger partial charge < -0.3 is 4.90 Å². The van der Waals surface area contributed by atoms with Gasteiger partial charge in [0, 0.05) is 24.4 Å². The Bertz CT molecular complexity index is 715. The SMILES string of the molecule is CS(=O)(=O)c1cc(C(=O)N2CCCC3CCCCC32)ccc1Cl. The fourth-order valence-corrected chi connectivity index (χ4v) is 5.26. The first-order valence-electron chi connectivity index (χ1n) is 8.18. The molecule has 0 radical (unpaired) electrons. The average Bonchev–Trinajstić information content (AvgIpc) is 2.53. The van der Waals surface area contributed by atoms with Gasteiger partial charge in [-0.1, -0.05) is 24.4 Å². The lowest BCUT2D eigenvalue weighted by Gasteiger charge is -2.44. The summed E-state index contributed by atoms with van der Waals surface area (Å²) in [7, 11) is -3.45. The number of hydrogen-bond acceptors (Lipinski definition) is 3. The third-order valence-electron chi connectivity index (χ3n) is 5.08. The zero-order valence-corrected chi connectivity index (χ0v) is 14.9. The van der Waals surface area contributed by atoms with Crippen molar-refractivity contribution in [3.63, 3.8) is 0 Å². The predicted octanol–water partition coefficient (Wildman–Crippen LogP) is 3.54. The van der Waals surface area contributed by atoms with Crippen LogP contribution in [0.15, 0.2) is 23.1 Å². The zero-order chi connectivity index (χ0) is 16.6. The van der Waals surface area contributed by atoms with E-state index in [9.17, 15) is 13.2 Å². The lowest BCUT2D eigenvalue weighted by atomic mass is 9.78. The Balaban J connectivity index is 1.91. The number of rotatable bonds is 2. The number of hydrogen-bond donors (Lipinski definition) is 0. The third kappa shape index (κ3) is 3.41. The van der Waals surface area contributed by atoms with E-state index < -0.39 is 9.84 Å². The summed E-state index contributed by atoms with van der Waals surface area (Å²) in [6, 6.07) is 4.87. The monoisotopic (exact) mass is 355 g/mol. The number of amides is 1. The molecule has 1 saturated heterocycles. The van der Waals surface area contributed by atoms with E-state index in [1.54, 1.807) is 6.07 Å². The van der Waals surface area contributed by atoms with Crippen LogP contribution in [0.25, 0.3) is 0 Å². The van der Waals surface area contributed by atoms with Crippen LogP contribution < -0.4 is 0 Å². The van der Waals surface area contributed by atoms with Crippen LogP contribution in [0.2, 0.25) is 5.02 Å². The van der Waals surface area contributed by atoms with Gasteiger partial charge in [0.25, 0.3) is 5.91 Å². The topological polar surface area (TPSA) is 54.5 Å². The van der Waals surface area contributed by atoms with E-state index in [-0.39, 0.29) is 15.8 Å². The number of carbonyl (C=O) groups excluding carboxylic acids is 1. The number of carbonyl (C=O) groups is 1. The van der Waals surface area contributed by atoms with Crippen molar-refractivity contribution in [3.8, 4) is 0 Å². The van der Waals surface area contributed by atoms with Gasteiger partial charge in [-0.05, 0) is 49.8 Å². The summed E-state index contributed by atoms with van der Waals surface area (Å²) in [5, 5.41) is 0.165. The van der Waals surface area contributed by atoms with Crippen LogP contribution >= 0.6 is 11.6 Å². The van der Waals surface area contributed by atoms with Gasteiger partial charge in [-0.3, -0.25) is 4.79 Å². The molecule has 0 N–H and O–H groups in total. The molecule has 1 amide bonds. The van der Waals surface area contributed by atoms with Gasteiger partial charge in [-0.15, -0.1) is 0 Å². The summed E-state index contributed by atoms with van der Waals surface area (Å²) < 4.78 is 23.6.